The molecule has 5 aromatic rings. The number of pyridine rings is 1. The van der Waals surface area contributed by atoms with Crippen LogP contribution in [0.1, 0.15) is 36.6 Å². The molecule has 170 valence electrons. The van der Waals surface area contributed by atoms with Crippen LogP contribution < -0.4 is 11.1 Å². The molecule has 0 fully saturated rings. The summed E-state index contributed by atoms with van der Waals surface area (Å²) in [6, 6.07) is 20.6. The lowest BCUT2D eigenvalue weighted by molar-refractivity contribution is 0.780. The van der Waals surface area contributed by atoms with Crippen molar-refractivity contribution in [3.8, 4) is 5.69 Å². The number of para-hydroxylation sites is 2. The normalized spacial score (nSPS) is 11.5. The van der Waals surface area contributed by atoms with Crippen molar-refractivity contribution in [2.75, 3.05) is 0 Å². The maximum absolute atomic E-state index is 13.6. The summed E-state index contributed by atoms with van der Waals surface area (Å²) >= 11 is 1.41. The Hall–Kier alpha value is -3.71. The lowest BCUT2D eigenvalue weighted by Crippen LogP contribution is -2.23. The minimum Gasteiger partial charge on any atom is -0.269 e. The number of hydrogen-bond acceptors (Lipinski definition) is 5. The van der Waals surface area contributed by atoms with Crippen molar-refractivity contribution in [2.45, 2.75) is 37.6 Å². The van der Waals surface area contributed by atoms with E-state index >= 15 is 0 Å². The summed E-state index contributed by atoms with van der Waals surface area (Å²) in [6.45, 7) is 6.16. The molecule has 0 amide bonds. The van der Waals surface area contributed by atoms with Crippen molar-refractivity contribution < 1.29 is 0 Å². The third-order valence-electron chi connectivity index (χ3n) is 5.75. The van der Waals surface area contributed by atoms with Crippen LogP contribution in [-0.2, 0) is 5.75 Å². The standard InChI is InChI=1S/C27H24N4O2S/c1-17(2)20-8-5-7-11-23(20)31-26(33)21-9-4-6-10-22(21)29-27(31)34-16-19-14-25(32)30-15-18(3)12-13-24(30)28-19/h4-15,17H,16H2,1-3H3. The first-order valence-corrected chi connectivity index (χ1v) is 12.1. The van der Waals surface area contributed by atoms with Crippen LogP contribution in [0.5, 0.6) is 0 Å². The first-order chi connectivity index (χ1) is 16.4. The molecule has 3 aromatic heterocycles. The molecule has 0 bridgehead atoms. The number of rotatable bonds is 5. The van der Waals surface area contributed by atoms with Crippen molar-refractivity contribution in [1.29, 1.82) is 0 Å². The van der Waals surface area contributed by atoms with Crippen LogP contribution in [0, 0.1) is 6.92 Å². The lowest BCUT2D eigenvalue weighted by Gasteiger charge is -2.18. The molecule has 0 aliphatic rings. The minimum atomic E-state index is -0.127. The second-order valence-corrected chi connectivity index (χ2v) is 9.52. The Morgan fingerprint density at radius 3 is 2.53 bits per heavy atom. The highest BCUT2D eigenvalue weighted by atomic mass is 32.2. The largest absolute Gasteiger partial charge is 0.269 e. The number of benzene rings is 2. The highest BCUT2D eigenvalue weighted by molar-refractivity contribution is 7.98. The molecule has 5 rings (SSSR count). The summed E-state index contributed by atoms with van der Waals surface area (Å²) < 4.78 is 3.24. The molecule has 0 saturated heterocycles. The number of aryl methyl sites for hydroxylation is 1. The Labute approximate surface area is 200 Å². The van der Waals surface area contributed by atoms with Gasteiger partial charge >= 0.3 is 0 Å². The Morgan fingerprint density at radius 2 is 1.71 bits per heavy atom. The first-order valence-electron chi connectivity index (χ1n) is 11.2. The molecule has 0 unspecified atom stereocenters. The van der Waals surface area contributed by atoms with E-state index < -0.39 is 0 Å². The predicted molar refractivity (Wildman–Crippen MR) is 137 cm³/mol. The van der Waals surface area contributed by atoms with E-state index in [1.807, 2.05) is 61.5 Å². The molecule has 3 heterocycles. The molecular weight excluding hydrogens is 444 g/mol. The van der Waals surface area contributed by atoms with Crippen molar-refractivity contribution in [3.05, 3.63) is 110 Å². The van der Waals surface area contributed by atoms with Crippen LogP contribution >= 0.6 is 11.8 Å². The van der Waals surface area contributed by atoms with Gasteiger partial charge < -0.3 is 0 Å². The van der Waals surface area contributed by atoms with Gasteiger partial charge in [-0.3, -0.25) is 18.6 Å². The molecule has 0 aliphatic heterocycles. The minimum absolute atomic E-state index is 0.108. The maximum atomic E-state index is 13.6. The van der Waals surface area contributed by atoms with E-state index in [-0.39, 0.29) is 17.0 Å². The van der Waals surface area contributed by atoms with E-state index in [1.54, 1.807) is 27.3 Å². The molecule has 0 atom stereocenters. The molecule has 0 N–H and O–H groups in total. The zero-order valence-electron chi connectivity index (χ0n) is 19.2. The van der Waals surface area contributed by atoms with Crippen molar-refractivity contribution in [2.24, 2.45) is 0 Å². The highest BCUT2D eigenvalue weighted by Crippen LogP contribution is 2.28. The summed E-state index contributed by atoms with van der Waals surface area (Å²) in [5.74, 6) is 0.645. The number of hydrogen-bond donors (Lipinski definition) is 0. The van der Waals surface area contributed by atoms with Crippen molar-refractivity contribution >= 4 is 28.3 Å². The molecule has 34 heavy (non-hydrogen) atoms. The fourth-order valence-corrected chi connectivity index (χ4v) is 4.97. The van der Waals surface area contributed by atoms with Crippen LogP contribution in [0.3, 0.4) is 0 Å². The highest BCUT2D eigenvalue weighted by Gasteiger charge is 2.17. The van der Waals surface area contributed by atoms with Gasteiger partial charge in [-0.1, -0.05) is 62.0 Å². The van der Waals surface area contributed by atoms with Gasteiger partial charge in [0.2, 0.25) is 0 Å². The van der Waals surface area contributed by atoms with Gasteiger partial charge in [-0.25, -0.2) is 9.97 Å². The van der Waals surface area contributed by atoms with Crippen molar-refractivity contribution in [1.82, 2.24) is 18.9 Å². The van der Waals surface area contributed by atoms with Gasteiger partial charge in [-0.15, -0.1) is 0 Å². The zero-order valence-corrected chi connectivity index (χ0v) is 20.0. The smallest absolute Gasteiger partial charge is 0.266 e. The quantitative estimate of drug-likeness (QED) is 0.265. The lowest BCUT2D eigenvalue weighted by atomic mass is 10.0. The van der Waals surface area contributed by atoms with Crippen molar-refractivity contribution in [3.63, 3.8) is 0 Å². The van der Waals surface area contributed by atoms with Gasteiger partial charge in [0.1, 0.15) is 5.65 Å². The fraction of sp³-hybridized carbons (Fsp3) is 0.185. The number of fused-ring (bicyclic) bond motifs is 2. The summed E-state index contributed by atoms with van der Waals surface area (Å²) in [5, 5.41) is 1.14. The Kier molecular flexibility index (Phi) is 5.79. The van der Waals surface area contributed by atoms with Gasteiger partial charge in [0.15, 0.2) is 5.16 Å². The Balaban J connectivity index is 1.63. The second kappa shape index (κ2) is 8.91. The maximum Gasteiger partial charge on any atom is 0.266 e. The van der Waals surface area contributed by atoms with E-state index in [0.717, 1.165) is 16.8 Å². The SMILES string of the molecule is Cc1ccc2nc(CSc3nc4ccccc4c(=O)n3-c3ccccc3C(C)C)cc(=O)n2c1. The van der Waals surface area contributed by atoms with Crippen LogP contribution in [0.15, 0.2) is 87.7 Å². The Morgan fingerprint density at radius 1 is 0.941 bits per heavy atom. The van der Waals surface area contributed by atoms with Crippen LogP contribution in [0.4, 0.5) is 0 Å². The van der Waals surface area contributed by atoms with E-state index in [9.17, 15) is 9.59 Å². The van der Waals surface area contributed by atoms with E-state index in [1.165, 1.54) is 11.8 Å². The molecule has 7 heteroatoms. The van der Waals surface area contributed by atoms with E-state index in [2.05, 4.69) is 18.8 Å². The van der Waals surface area contributed by atoms with Gasteiger partial charge in [0.05, 0.1) is 22.3 Å². The summed E-state index contributed by atoms with van der Waals surface area (Å²) in [6.07, 6.45) is 1.78. The second-order valence-electron chi connectivity index (χ2n) is 8.57. The molecule has 2 aromatic carbocycles. The number of nitrogens with zero attached hydrogens (tertiary/aromatic N) is 4. The molecule has 0 saturated carbocycles. The summed E-state index contributed by atoms with van der Waals surface area (Å²) in [7, 11) is 0. The zero-order chi connectivity index (χ0) is 23.8. The fourth-order valence-electron chi connectivity index (χ4n) is 4.07. The first kappa shape index (κ1) is 22.1. The predicted octanol–water partition coefficient (Wildman–Crippen LogP) is 5.12. The summed E-state index contributed by atoms with van der Waals surface area (Å²) in [5.41, 5.74) is 4.54. The topological polar surface area (TPSA) is 69.3 Å². The molecule has 6 nitrogen and oxygen atoms in total. The van der Waals surface area contributed by atoms with Crippen LogP contribution in [-0.4, -0.2) is 18.9 Å². The molecule has 0 aliphatic carbocycles. The number of thioether (sulfide) groups is 1. The van der Waals surface area contributed by atoms with Crippen LogP contribution in [0.25, 0.3) is 22.2 Å². The van der Waals surface area contributed by atoms with Gasteiger partial charge in [-0.05, 0) is 48.2 Å². The number of aromatic nitrogens is 4. The van der Waals surface area contributed by atoms with Gasteiger partial charge in [0, 0.05) is 18.0 Å². The third-order valence-corrected chi connectivity index (χ3v) is 6.73. The molecule has 0 radical (unpaired) electrons. The monoisotopic (exact) mass is 468 g/mol. The van der Waals surface area contributed by atoms with E-state index in [0.29, 0.717) is 33.2 Å². The van der Waals surface area contributed by atoms with Gasteiger partial charge in [-0.2, -0.15) is 0 Å². The van der Waals surface area contributed by atoms with E-state index in [4.69, 9.17) is 4.98 Å². The third kappa shape index (κ3) is 4.03. The Bertz CT molecular complexity index is 1650. The average Bonchev–Trinajstić information content (AvgIpc) is 2.83. The van der Waals surface area contributed by atoms with Gasteiger partial charge in [0.25, 0.3) is 11.1 Å². The summed E-state index contributed by atoms with van der Waals surface area (Å²) in [4.78, 5) is 35.8. The molecular formula is C27H24N4O2S. The van der Waals surface area contributed by atoms with Crippen LogP contribution in [0.2, 0.25) is 0 Å². The average molecular weight is 469 g/mol. The molecule has 0 spiro atoms.